The van der Waals surface area contributed by atoms with Crippen LogP contribution < -0.4 is 10.6 Å². The van der Waals surface area contributed by atoms with Crippen LogP contribution in [0.25, 0.3) is 10.8 Å². The molecule has 2 unspecified atom stereocenters. The molecule has 0 aromatic heterocycles. The highest BCUT2D eigenvalue weighted by molar-refractivity contribution is 6.01. The zero-order valence-corrected chi connectivity index (χ0v) is 23.7. The van der Waals surface area contributed by atoms with E-state index in [-0.39, 0.29) is 5.92 Å². The lowest BCUT2D eigenvalue weighted by Gasteiger charge is -2.32. The number of alkyl carbamates (subject to hydrolysis) is 1. The number of ether oxygens (including phenoxy) is 1. The van der Waals surface area contributed by atoms with Gasteiger partial charge in [-0.2, -0.15) is 0 Å². The SMILES string of the molecule is C#CN(C(=O)C(NC(=O)OC(C)(C)C)C(C)C)C(C(=O)Nc1ccc2ccccc2c1)c1cccc(C)c1C. The highest BCUT2D eigenvalue weighted by Gasteiger charge is 2.38. The van der Waals surface area contributed by atoms with Crippen LogP contribution in [0.5, 0.6) is 0 Å². The molecule has 0 heterocycles. The second-order valence-corrected chi connectivity index (χ2v) is 10.9. The summed E-state index contributed by atoms with van der Waals surface area (Å²) in [4.78, 5) is 41.4. The minimum Gasteiger partial charge on any atom is -0.444 e. The summed E-state index contributed by atoms with van der Waals surface area (Å²) in [6.07, 6.45) is 5.17. The van der Waals surface area contributed by atoms with E-state index in [4.69, 9.17) is 11.2 Å². The van der Waals surface area contributed by atoms with Crippen molar-refractivity contribution in [2.45, 2.75) is 66.2 Å². The van der Waals surface area contributed by atoms with Gasteiger partial charge >= 0.3 is 6.09 Å². The average Bonchev–Trinajstić information content (AvgIpc) is 2.86. The molecule has 39 heavy (non-hydrogen) atoms. The minimum atomic E-state index is -1.14. The number of amides is 3. The molecule has 0 bridgehead atoms. The number of carbonyl (C=O) groups excluding carboxylic acids is 3. The fourth-order valence-electron chi connectivity index (χ4n) is 4.31. The first-order chi connectivity index (χ1) is 18.3. The molecule has 0 aliphatic heterocycles. The van der Waals surface area contributed by atoms with Crippen LogP contribution in [0.4, 0.5) is 10.5 Å². The van der Waals surface area contributed by atoms with Crippen LogP contribution in [0.2, 0.25) is 0 Å². The van der Waals surface area contributed by atoms with Crippen LogP contribution in [0, 0.1) is 32.2 Å². The van der Waals surface area contributed by atoms with Crippen LogP contribution in [0.15, 0.2) is 60.7 Å². The number of carbonyl (C=O) groups is 3. The van der Waals surface area contributed by atoms with Gasteiger partial charge in [-0.1, -0.05) is 68.8 Å². The van der Waals surface area contributed by atoms with Gasteiger partial charge in [0.1, 0.15) is 17.7 Å². The third-order valence-corrected chi connectivity index (χ3v) is 6.45. The molecule has 0 spiro atoms. The maximum absolute atomic E-state index is 13.9. The molecular weight excluding hydrogens is 490 g/mol. The number of fused-ring (bicyclic) bond motifs is 1. The van der Waals surface area contributed by atoms with Crippen molar-refractivity contribution >= 4 is 34.4 Å². The Morgan fingerprint density at radius 2 is 1.62 bits per heavy atom. The van der Waals surface area contributed by atoms with E-state index in [1.165, 1.54) is 0 Å². The maximum Gasteiger partial charge on any atom is 0.408 e. The first-order valence-electron chi connectivity index (χ1n) is 13.0. The van der Waals surface area contributed by atoms with Crippen molar-refractivity contribution in [2.75, 3.05) is 5.32 Å². The number of nitrogens with one attached hydrogen (secondary N) is 2. The first-order valence-corrected chi connectivity index (χ1v) is 13.0. The topological polar surface area (TPSA) is 87.7 Å². The molecule has 0 fully saturated rings. The zero-order valence-electron chi connectivity index (χ0n) is 23.7. The largest absolute Gasteiger partial charge is 0.444 e. The zero-order chi connectivity index (χ0) is 28.9. The molecular formula is C32H37N3O4. The molecule has 0 radical (unpaired) electrons. The minimum absolute atomic E-state index is 0.330. The molecule has 7 nitrogen and oxygen atoms in total. The molecule has 3 rings (SSSR count). The van der Waals surface area contributed by atoms with Gasteiger partial charge < -0.3 is 15.4 Å². The molecule has 3 amide bonds. The summed E-state index contributed by atoms with van der Waals surface area (Å²) in [6, 6.07) is 19.2. The van der Waals surface area contributed by atoms with Crippen molar-refractivity contribution < 1.29 is 19.1 Å². The van der Waals surface area contributed by atoms with Crippen LogP contribution >= 0.6 is 0 Å². The highest BCUT2D eigenvalue weighted by Crippen LogP contribution is 2.29. The smallest absolute Gasteiger partial charge is 0.408 e. The number of benzene rings is 3. The Hall–Kier alpha value is -4.31. The molecule has 204 valence electrons. The molecule has 0 aliphatic carbocycles. The Labute approximate surface area is 230 Å². The van der Waals surface area contributed by atoms with Gasteiger partial charge in [0.15, 0.2) is 0 Å². The van der Waals surface area contributed by atoms with Crippen LogP contribution in [-0.4, -0.2) is 34.5 Å². The van der Waals surface area contributed by atoms with Crippen molar-refractivity contribution in [3.63, 3.8) is 0 Å². The standard InChI is InChI=1S/C32H37N3O4/c1-9-35(30(37)27(20(2)3)34-31(38)39-32(6,7)8)28(26-16-12-13-21(4)22(26)5)29(36)33-25-18-17-23-14-10-11-15-24(23)19-25/h1,10-20,27-28H,2-8H3,(H,33,36)(H,34,38). The second-order valence-electron chi connectivity index (χ2n) is 10.9. The third-order valence-electron chi connectivity index (χ3n) is 6.45. The van der Waals surface area contributed by atoms with E-state index in [0.717, 1.165) is 26.8 Å². The van der Waals surface area contributed by atoms with Gasteiger partial charge in [0, 0.05) is 11.7 Å². The van der Waals surface area contributed by atoms with E-state index in [2.05, 4.69) is 16.7 Å². The summed E-state index contributed by atoms with van der Waals surface area (Å²) >= 11 is 0. The predicted molar refractivity (Wildman–Crippen MR) is 155 cm³/mol. The van der Waals surface area contributed by atoms with Gasteiger partial charge in [-0.15, -0.1) is 0 Å². The van der Waals surface area contributed by atoms with E-state index in [0.29, 0.717) is 11.3 Å². The van der Waals surface area contributed by atoms with Gasteiger partial charge in [-0.05, 0) is 80.1 Å². The summed E-state index contributed by atoms with van der Waals surface area (Å²) < 4.78 is 5.37. The van der Waals surface area contributed by atoms with Crippen LogP contribution in [0.3, 0.4) is 0 Å². The highest BCUT2D eigenvalue weighted by atomic mass is 16.6. The number of terminal acetylenes is 1. The Kier molecular flexibility index (Phi) is 9.03. The van der Waals surface area contributed by atoms with Gasteiger partial charge in [0.05, 0.1) is 0 Å². The lowest BCUT2D eigenvalue weighted by atomic mass is 9.94. The molecule has 0 saturated carbocycles. The first kappa shape index (κ1) is 29.2. The molecule has 0 aliphatic rings. The molecule has 3 aromatic carbocycles. The number of aryl methyl sites for hydroxylation is 1. The normalized spacial score (nSPS) is 12.8. The summed E-state index contributed by atoms with van der Waals surface area (Å²) in [6.45, 7) is 12.6. The van der Waals surface area contributed by atoms with Crippen molar-refractivity contribution in [3.05, 3.63) is 77.4 Å². The quantitative estimate of drug-likeness (QED) is 0.287. The van der Waals surface area contributed by atoms with Gasteiger partial charge in [0.25, 0.3) is 11.8 Å². The van der Waals surface area contributed by atoms with E-state index < -0.39 is 35.6 Å². The summed E-state index contributed by atoms with van der Waals surface area (Å²) in [5.41, 5.74) is 2.21. The Bertz CT molecular complexity index is 1410. The molecule has 7 heteroatoms. The van der Waals surface area contributed by atoms with Gasteiger partial charge in [0.2, 0.25) is 0 Å². The maximum atomic E-state index is 13.9. The third kappa shape index (κ3) is 7.17. The number of rotatable bonds is 7. The molecule has 3 aromatic rings. The second kappa shape index (κ2) is 12.0. The average molecular weight is 528 g/mol. The fourth-order valence-corrected chi connectivity index (χ4v) is 4.31. The predicted octanol–water partition coefficient (Wildman–Crippen LogP) is 6.11. The summed E-state index contributed by atoms with van der Waals surface area (Å²) in [5.74, 6) is -1.38. The van der Waals surface area contributed by atoms with Crippen LogP contribution in [-0.2, 0) is 14.3 Å². The molecule has 0 saturated heterocycles. The number of nitrogens with zero attached hydrogens (tertiary/aromatic N) is 1. The van der Waals surface area contributed by atoms with Crippen molar-refractivity contribution in [1.82, 2.24) is 10.2 Å². The van der Waals surface area contributed by atoms with E-state index in [9.17, 15) is 14.4 Å². The van der Waals surface area contributed by atoms with Crippen molar-refractivity contribution in [2.24, 2.45) is 5.92 Å². The monoisotopic (exact) mass is 527 g/mol. The number of hydrogen-bond acceptors (Lipinski definition) is 4. The van der Waals surface area contributed by atoms with Crippen LogP contribution in [0.1, 0.15) is 57.4 Å². The lowest BCUT2D eigenvalue weighted by Crippen LogP contribution is -2.53. The van der Waals surface area contributed by atoms with E-state index >= 15 is 0 Å². The summed E-state index contributed by atoms with van der Waals surface area (Å²) in [7, 11) is 0. The van der Waals surface area contributed by atoms with Gasteiger partial charge in [-0.3, -0.25) is 14.5 Å². The van der Waals surface area contributed by atoms with Gasteiger partial charge in [-0.25, -0.2) is 4.79 Å². The Morgan fingerprint density at radius 3 is 2.23 bits per heavy atom. The fraction of sp³-hybridized carbons (Fsp3) is 0.344. The number of hydrogen-bond donors (Lipinski definition) is 2. The Balaban J connectivity index is 2.02. The molecule has 2 atom stereocenters. The summed E-state index contributed by atoms with van der Waals surface area (Å²) in [5, 5.41) is 7.60. The van der Waals surface area contributed by atoms with Crippen molar-refractivity contribution in [1.29, 1.82) is 0 Å². The number of anilines is 1. The van der Waals surface area contributed by atoms with E-state index in [1.807, 2.05) is 68.4 Å². The van der Waals surface area contributed by atoms with Crippen molar-refractivity contribution in [3.8, 4) is 12.5 Å². The Morgan fingerprint density at radius 1 is 0.949 bits per heavy atom. The van der Waals surface area contributed by atoms with E-state index in [1.54, 1.807) is 40.7 Å². The lowest BCUT2D eigenvalue weighted by molar-refractivity contribution is -0.137. The molecule has 2 N–H and O–H groups in total.